The van der Waals surface area contributed by atoms with Crippen molar-refractivity contribution in [2.75, 3.05) is 5.32 Å². The van der Waals surface area contributed by atoms with E-state index in [1.165, 1.54) is 0 Å². The number of para-hydroxylation sites is 1. The molecule has 0 saturated heterocycles. The van der Waals surface area contributed by atoms with Gasteiger partial charge in [-0.25, -0.2) is 0 Å². The maximum Gasteiger partial charge on any atom is 0.546 e. The first-order chi connectivity index (χ1) is 11.9. The van der Waals surface area contributed by atoms with Crippen LogP contribution in [0.25, 0.3) is 0 Å². The van der Waals surface area contributed by atoms with E-state index in [0.717, 1.165) is 23.1 Å². The number of anilines is 1. The number of carbonyl (C=O) groups is 1. The third kappa shape index (κ3) is 4.33. The SMILES string of the molecule is CC(C)c1cccc(C(C)C)c1NC(C=O)c1ccccc1[P+](=O)O. The van der Waals surface area contributed by atoms with E-state index in [1.54, 1.807) is 24.3 Å². The first kappa shape index (κ1) is 19.3. The van der Waals surface area contributed by atoms with Crippen molar-refractivity contribution in [3.05, 3.63) is 59.2 Å². The van der Waals surface area contributed by atoms with E-state index in [1.807, 2.05) is 6.07 Å². The Bertz CT molecular complexity index is 745. The van der Waals surface area contributed by atoms with Gasteiger partial charge in [0.1, 0.15) is 12.3 Å². The minimum absolute atomic E-state index is 0.287. The molecule has 0 saturated carbocycles. The van der Waals surface area contributed by atoms with Crippen LogP contribution in [0.4, 0.5) is 5.69 Å². The highest BCUT2D eigenvalue weighted by atomic mass is 31.1. The molecule has 0 aliphatic carbocycles. The lowest BCUT2D eigenvalue weighted by atomic mass is 9.92. The van der Waals surface area contributed by atoms with Crippen molar-refractivity contribution in [1.82, 2.24) is 0 Å². The summed E-state index contributed by atoms with van der Waals surface area (Å²) in [6, 6.07) is 12.2. The van der Waals surface area contributed by atoms with Crippen LogP contribution in [0.3, 0.4) is 0 Å². The van der Waals surface area contributed by atoms with E-state index in [2.05, 4.69) is 45.1 Å². The van der Waals surface area contributed by atoms with E-state index >= 15 is 0 Å². The fraction of sp³-hybridized carbons (Fsp3) is 0.350. The van der Waals surface area contributed by atoms with Gasteiger partial charge >= 0.3 is 8.03 Å². The molecule has 2 atom stereocenters. The van der Waals surface area contributed by atoms with Crippen molar-refractivity contribution in [2.24, 2.45) is 0 Å². The molecule has 25 heavy (non-hydrogen) atoms. The van der Waals surface area contributed by atoms with Crippen LogP contribution in [0.1, 0.15) is 62.3 Å². The number of nitrogens with one attached hydrogen (secondary N) is 1. The zero-order valence-electron chi connectivity index (χ0n) is 15.1. The molecule has 2 N–H and O–H groups in total. The summed E-state index contributed by atoms with van der Waals surface area (Å²) in [7, 11) is -2.52. The number of rotatable bonds is 7. The van der Waals surface area contributed by atoms with Crippen LogP contribution >= 0.6 is 8.03 Å². The number of hydrogen-bond donors (Lipinski definition) is 2. The molecule has 0 heterocycles. The average molecular weight is 358 g/mol. The van der Waals surface area contributed by atoms with Gasteiger partial charge in [-0.15, -0.1) is 0 Å². The van der Waals surface area contributed by atoms with Crippen LogP contribution in [-0.4, -0.2) is 11.2 Å². The first-order valence-corrected chi connectivity index (χ1v) is 9.67. The van der Waals surface area contributed by atoms with Crippen LogP contribution < -0.4 is 10.6 Å². The maximum atomic E-state index is 11.8. The van der Waals surface area contributed by atoms with E-state index in [0.29, 0.717) is 17.4 Å². The number of carbonyl (C=O) groups excluding carboxylic acids is 1. The Kier molecular flexibility index (Phi) is 6.46. The maximum absolute atomic E-state index is 11.8. The predicted molar refractivity (Wildman–Crippen MR) is 103 cm³/mol. The van der Waals surface area contributed by atoms with Gasteiger partial charge in [-0.3, -0.25) is 0 Å². The van der Waals surface area contributed by atoms with Gasteiger partial charge < -0.3 is 10.1 Å². The van der Waals surface area contributed by atoms with Crippen molar-refractivity contribution in [3.8, 4) is 0 Å². The van der Waals surface area contributed by atoms with Crippen molar-refractivity contribution in [3.63, 3.8) is 0 Å². The van der Waals surface area contributed by atoms with E-state index in [4.69, 9.17) is 0 Å². The Morgan fingerprint density at radius 2 is 1.44 bits per heavy atom. The molecule has 0 bridgehead atoms. The molecule has 132 valence electrons. The first-order valence-electron chi connectivity index (χ1n) is 8.46. The van der Waals surface area contributed by atoms with Crippen LogP contribution in [0.15, 0.2) is 42.5 Å². The zero-order chi connectivity index (χ0) is 18.6. The summed E-state index contributed by atoms with van der Waals surface area (Å²) in [5.74, 6) is 0.580. The quantitative estimate of drug-likeness (QED) is 0.559. The minimum atomic E-state index is -2.52. The topological polar surface area (TPSA) is 66.4 Å². The highest BCUT2D eigenvalue weighted by Gasteiger charge is 2.27. The van der Waals surface area contributed by atoms with Crippen LogP contribution in [0, 0.1) is 0 Å². The Morgan fingerprint density at radius 3 is 1.92 bits per heavy atom. The summed E-state index contributed by atoms with van der Waals surface area (Å²) >= 11 is 0. The van der Waals surface area contributed by atoms with E-state index in [-0.39, 0.29) is 5.30 Å². The number of hydrogen-bond acceptors (Lipinski definition) is 3. The zero-order valence-corrected chi connectivity index (χ0v) is 16.0. The Hall–Kier alpha value is -2.03. The second-order valence-electron chi connectivity index (χ2n) is 6.71. The molecule has 4 nitrogen and oxygen atoms in total. The molecular weight excluding hydrogens is 333 g/mol. The summed E-state index contributed by atoms with van der Waals surface area (Å²) in [4.78, 5) is 21.4. The molecule has 0 fully saturated rings. The average Bonchev–Trinajstić information content (AvgIpc) is 2.59. The number of benzene rings is 2. The second kappa shape index (κ2) is 8.37. The van der Waals surface area contributed by atoms with Gasteiger partial charge in [0.2, 0.25) is 5.30 Å². The smallest absolute Gasteiger partial charge is 0.371 e. The lowest BCUT2D eigenvalue weighted by molar-refractivity contribution is -0.108. The molecule has 2 unspecified atom stereocenters. The molecule has 2 aromatic carbocycles. The second-order valence-corrected chi connectivity index (χ2v) is 7.74. The highest BCUT2D eigenvalue weighted by Crippen LogP contribution is 2.35. The van der Waals surface area contributed by atoms with Gasteiger partial charge in [0, 0.05) is 11.3 Å². The molecule has 0 spiro atoms. The molecule has 0 amide bonds. The standard InChI is InChI=1S/C20H24NO3P/c1-13(2)15-9-7-10-16(14(3)4)20(15)21-18(12-22)17-8-5-6-11-19(17)25(23)24/h5-14,18,21H,1-4H3/p+1. The van der Waals surface area contributed by atoms with Crippen molar-refractivity contribution in [2.45, 2.75) is 45.6 Å². The normalized spacial score (nSPS) is 13.0. The lowest BCUT2D eigenvalue weighted by Gasteiger charge is -2.24. The molecule has 0 aliphatic rings. The van der Waals surface area contributed by atoms with Crippen molar-refractivity contribution >= 4 is 25.3 Å². The lowest BCUT2D eigenvalue weighted by Crippen LogP contribution is -2.21. The fourth-order valence-corrected chi connectivity index (χ4v) is 3.63. The summed E-state index contributed by atoms with van der Waals surface area (Å²) in [6.45, 7) is 8.44. The molecule has 5 heteroatoms. The van der Waals surface area contributed by atoms with E-state index in [9.17, 15) is 14.3 Å². The van der Waals surface area contributed by atoms with Crippen LogP contribution in [0.5, 0.6) is 0 Å². The van der Waals surface area contributed by atoms with Gasteiger partial charge in [-0.2, -0.15) is 4.89 Å². The monoisotopic (exact) mass is 358 g/mol. The Morgan fingerprint density at radius 1 is 0.920 bits per heavy atom. The minimum Gasteiger partial charge on any atom is -0.371 e. The summed E-state index contributed by atoms with van der Waals surface area (Å²) in [5.41, 5.74) is 3.73. The third-order valence-electron chi connectivity index (χ3n) is 4.29. The highest BCUT2D eigenvalue weighted by molar-refractivity contribution is 7.47. The molecule has 0 aliphatic heterocycles. The summed E-state index contributed by atoms with van der Waals surface area (Å²) in [5, 5.41) is 3.62. The number of aldehydes is 1. The van der Waals surface area contributed by atoms with Gasteiger partial charge in [0.05, 0.1) is 0 Å². The molecule has 0 radical (unpaired) electrons. The van der Waals surface area contributed by atoms with E-state index < -0.39 is 14.1 Å². The summed E-state index contributed by atoms with van der Waals surface area (Å²) < 4.78 is 11.6. The Balaban J connectivity index is 2.54. The van der Waals surface area contributed by atoms with Crippen LogP contribution in [-0.2, 0) is 9.36 Å². The molecule has 2 aromatic rings. The predicted octanol–water partition coefficient (Wildman–Crippen LogP) is 4.65. The Labute approximate surface area is 150 Å². The van der Waals surface area contributed by atoms with Gasteiger partial charge in [0.25, 0.3) is 0 Å². The summed E-state index contributed by atoms with van der Waals surface area (Å²) in [6.07, 6.45) is 0.791. The molecule has 0 aromatic heterocycles. The third-order valence-corrected chi connectivity index (χ3v) is 5.11. The van der Waals surface area contributed by atoms with Gasteiger partial charge in [-0.1, -0.05) is 64.1 Å². The van der Waals surface area contributed by atoms with Crippen LogP contribution in [0.2, 0.25) is 0 Å². The largest absolute Gasteiger partial charge is 0.546 e. The van der Waals surface area contributed by atoms with Gasteiger partial charge in [-0.05, 0) is 33.6 Å². The van der Waals surface area contributed by atoms with Crippen molar-refractivity contribution < 1.29 is 14.3 Å². The molecule has 2 rings (SSSR count). The van der Waals surface area contributed by atoms with Crippen molar-refractivity contribution in [1.29, 1.82) is 0 Å². The van der Waals surface area contributed by atoms with Gasteiger partial charge in [0.15, 0.2) is 0 Å². The molecular formula is C20H25NO3P+. The fourth-order valence-electron chi connectivity index (χ4n) is 2.98.